The Morgan fingerprint density at radius 2 is 2.06 bits per heavy atom. The van der Waals surface area contributed by atoms with Crippen molar-refractivity contribution in [3.8, 4) is 0 Å². The van der Waals surface area contributed by atoms with Crippen LogP contribution >= 0.6 is 11.3 Å². The molecule has 0 aliphatic rings. The third-order valence-corrected chi connectivity index (χ3v) is 4.12. The summed E-state index contributed by atoms with van der Waals surface area (Å²) in [5.74, 6) is 0.126. The Labute approximate surface area is 99.5 Å². The maximum atomic E-state index is 12.1. The van der Waals surface area contributed by atoms with Crippen molar-refractivity contribution in [3.05, 3.63) is 34.7 Å². The summed E-state index contributed by atoms with van der Waals surface area (Å²) in [5.41, 5.74) is 1.10. The second-order valence-corrected chi connectivity index (χ2v) is 4.92. The third-order valence-electron chi connectivity index (χ3n) is 2.86. The van der Waals surface area contributed by atoms with Gasteiger partial charge in [-0.3, -0.25) is 4.79 Å². The maximum absolute atomic E-state index is 12.1. The van der Waals surface area contributed by atoms with Crippen LogP contribution < -0.4 is 0 Å². The van der Waals surface area contributed by atoms with E-state index in [1.165, 1.54) is 10.1 Å². The Balaban J connectivity index is 2.53. The van der Waals surface area contributed by atoms with Crippen LogP contribution in [-0.2, 0) is 0 Å². The van der Waals surface area contributed by atoms with E-state index in [4.69, 9.17) is 0 Å². The number of hydrogen-bond acceptors (Lipinski definition) is 2. The number of carbonyl (C=O) groups is 1. The van der Waals surface area contributed by atoms with E-state index in [9.17, 15) is 4.79 Å². The van der Waals surface area contributed by atoms with Gasteiger partial charge in [-0.25, -0.2) is 0 Å². The summed E-state index contributed by atoms with van der Waals surface area (Å²) in [7, 11) is 1.84. The quantitative estimate of drug-likeness (QED) is 0.779. The number of amides is 1. The van der Waals surface area contributed by atoms with Gasteiger partial charge in [-0.1, -0.05) is 18.2 Å². The molecule has 0 atom stereocenters. The molecular formula is C13H15NOS. The molecule has 16 heavy (non-hydrogen) atoms. The van der Waals surface area contributed by atoms with E-state index >= 15 is 0 Å². The van der Waals surface area contributed by atoms with E-state index in [1.54, 1.807) is 16.2 Å². The van der Waals surface area contributed by atoms with Gasteiger partial charge >= 0.3 is 0 Å². The molecule has 0 N–H and O–H groups in total. The molecule has 2 nitrogen and oxygen atoms in total. The van der Waals surface area contributed by atoms with Crippen LogP contribution in [0.1, 0.15) is 22.2 Å². The lowest BCUT2D eigenvalue weighted by Gasteiger charge is -2.13. The van der Waals surface area contributed by atoms with Crippen molar-refractivity contribution >= 4 is 27.3 Å². The Bertz CT molecular complexity index is 530. The molecule has 2 rings (SSSR count). The van der Waals surface area contributed by atoms with Crippen LogP contribution in [0.25, 0.3) is 10.1 Å². The first-order chi connectivity index (χ1) is 7.65. The lowest BCUT2D eigenvalue weighted by Crippen LogP contribution is -2.25. The van der Waals surface area contributed by atoms with Gasteiger partial charge in [-0.2, -0.15) is 0 Å². The van der Waals surface area contributed by atoms with Gasteiger partial charge in [-0.05, 0) is 30.9 Å². The average Bonchev–Trinajstić information content (AvgIpc) is 2.65. The van der Waals surface area contributed by atoms with Crippen molar-refractivity contribution in [2.45, 2.75) is 13.8 Å². The SMILES string of the molecule is CCN(C)C(=O)c1sc2ccccc2c1C. The number of thiophene rings is 1. The van der Waals surface area contributed by atoms with E-state index in [0.717, 1.165) is 17.0 Å². The minimum Gasteiger partial charge on any atom is -0.341 e. The van der Waals surface area contributed by atoms with Crippen molar-refractivity contribution < 1.29 is 4.79 Å². The number of nitrogens with zero attached hydrogens (tertiary/aromatic N) is 1. The number of carbonyl (C=O) groups excluding carboxylic acids is 1. The summed E-state index contributed by atoms with van der Waals surface area (Å²) < 4.78 is 1.19. The van der Waals surface area contributed by atoms with Gasteiger partial charge in [-0.15, -0.1) is 11.3 Å². The molecule has 0 aliphatic carbocycles. The molecule has 84 valence electrons. The van der Waals surface area contributed by atoms with Crippen molar-refractivity contribution in [2.75, 3.05) is 13.6 Å². The van der Waals surface area contributed by atoms with Crippen LogP contribution in [-0.4, -0.2) is 24.4 Å². The molecule has 1 amide bonds. The second kappa shape index (κ2) is 4.26. The van der Waals surface area contributed by atoms with Crippen LogP contribution in [0.15, 0.2) is 24.3 Å². The number of rotatable bonds is 2. The highest BCUT2D eigenvalue weighted by atomic mass is 32.1. The van der Waals surface area contributed by atoms with E-state index in [-0.39, 0.29) is 5.91 Å². The van der Waals surface area contributed by atoms with E-state index < -0.39 is 0 Å². The average molecular weight is 233 g/mol. The molecule has 1 aromatic heterocycles. The van der Waals surface area contributed by atoms with E-state index in [1.807, 2.05) is 33.0 Å². The van der Waals surface area contributed by atoms with Gasteiger partial charge in [0.15, 0.2) is 0 Å². The molecule has 1 heterocycles. The fourth-order valence-electron chi connectivity index (χ4n) is 1.70. The van der Waals surface area contributed by atoms with Crippen LogP contribution in [0.4, 0.5) is 0 Å². The first-order valence-electron chi connectivity index (χ1n) is 5.38. The minimum atomic E-state index is 0.126. The summed E-state index contributed by atoms with van der Waals surface area (Å²) in [4.78, 5) is 14.7. The lowest BCUT2D eigenvalue weighted by molar-refractivity contribution is 0.0806. The Morgan fingerprint density at radius 1 is 1.38 bits per heavy atom. The zero-order chi connectivity index (χ0) is 11.7. The highest BCUT2D eigenvalue weighted by molar-refractivity contribution is 7.21. The first-order valence-corrected chi connectivity index (χ1v) is 6.20. The number of benzene rings is 1. The van der Waals surface area contributed by atoms with Gasteiger partial charge < -0.3 is 4.90 Å². The van der Waals surface area contributed by atoms with E-state index in [2.05, 4.69) is 12.1 Å². The van der Waals surface area contributed by atoms with Crippen LogP contribution in [0.5, 0.6) is 0 Å². The summed E-state index contributed by atoms with van der Waals surface area (Å²) in [5, 5.41) is 1.19. The van der Waals surface area contributed by atoms with Crippen LogP contribution in [0.2, 0.25) is 0 Å². The molecule has 0 bridgehead atoms. The van der Waals surface area contributed by atoms with Gasteiger partial charge in [0.25, 0.3) is 5.91 Å². The molecule has 0 fully saturated rings. The smallest absolute Gasteiger partial charge is 0.263 e. The van der Waals surface area contributed by atoms with Crippen molar-refractivity contribution in [2.24, 2.45) is 0 Å². The van der Waals surface area contributed by atoms with Crippen LogP contribution in [0, 0.1) is 6.92 Å². The third kappa shape index (κ3) is 1.71. The molecule has 0 saturated carbocycles. The van der Waals surface area contributed by atoms with Gasteiger partial charge in [0.2, 0.25) is 0 Å². The fraction of sp³-hybridized carbons (Fsp3) is 0.308. The fourth-order valence-corrected chi connectivity index (χ4v) is 2.90. The van der Waals surface area contributed by atoms with Gasteiger partial charge in [0, 0.05) is 18.3 Å². The topological polar surface area (TPSA) is 20.3 Å². The molecule has 2 aromatic rings. The summed E-state index contributed by atoms with van der Waals surface area (Å²) in [6, 6.07) is 8.16. The number of fused-ring (bicyclic) bond motifs is 1. The molecule has 0 saturated heterocycles. The molecule has 3 heteroatoms. The van der Waals surface area contributed by atoms with Crippen molar-refractivity contribution in [1.29, 1.82) is 0 Å². The molecule has 1 aromatic carbocycles. The standard InChI is InChI=1S/C13H15NOS/c1-4-14(3)13(15)12-9(2)10-7-5-6-8-11(10)16-12/h5-8H,4H2,1-3H3. The highest BCUT2D eigenvalue weighted by Crippen LogP contribution is 2.31. The molecular weight excluding hydrogens is 218 g/mol. The van der Waals surface area contributed by atoms with E-state index in [0.29, 0.717) is 0 Å². The molecule has 0 aliphatic heterocycles. The largest absolute Gasteiger partial charge is 0.341 e. The Hall–Kier alpha value is -1.35. The molecule has 0 spiro atoms. The van der Waals surface area contributed by atoms with Crippen molar-refractivity contribution in [3.63, 3.8) is 0 Å². The second-order valence-electron chi connectivity index (χ2n) is 3.87. The Kier molecular flexibility index (Phi) is 2.97. The number of hydrogen-bond donors (Lipinski definition) is 0. The maximum Gasteiger partial charge on any atom is 0.263 e. The lowest BCUT2D eigenvalue weighted by atomic mass is 10.1. The Morgan fingerprint density at radius 3 is 2.69 bits per heavy atom. The predicted molar refractivity (Wildman–Crippen MR) is 69.2 cm³/mol. The molecule has 0 unspecified atom stereocenters. The first kappa shape index (κ1) is 11.1. The van der Waals surface area contributed by atoms with Gasteiger partial charge in [0.05, 0.1) is 4.88 Å². The minimum absolute atomic E-state index is 0.126. The zero-order valence-corrected chi connectivity index (χ0v) is 10.6. The summed E-state index contributed by atoms with van der Waals surface area (Å²) >= 11 is 1.58. The monoisotopic (exact) mass is 233 g/mol. The zero-order valence-electron chi connectivity index (χ0n) is 9.78. The van der Waals surface area contributed by atoms with Crippen LogP contribution in [0.3, 0.4) is 0 Å². The predicted octanol–water partition coefficient (Wildman–Crippen LogP) is 3.30. The normalized spacial score (nSPS) is 10.7. The summed E-state index contributed by atoms with van der Waals surface area (Å²) in [6.07, 6.45) is 0. The van der Waals surface area contributed by atoms with Gasteiger partial charge in [0.1, 0.15) is 0 Å². The molecule has 0 radical (unpaired) electrons. The number of aryl methyl sites for hydroxylation is 1. The highest BCUT2D eigenvalue weighted by Gasteiger charge is 2.17. The van der Waals surface area contributed by atoms with Crippen molar-refractivity contribution in [1.82, 2.24) is 4.90 Å². The summed E-state index contributed by atoms with van der Waals surface area (Å²) in [6.45, 7) is 4.75.